The lowest BCUT2D eigenvalue weighted by atomic mass is 10.0. The summed E-state index contributed by atoms with van der Waals surface area (Å²) in [7, 11) is 1.57. The van der Waals surface area contributed by atoms with Crippen LogP contribution in [0.15, 0.2) is 48.5 Å². The lowest BCUT2D eigenvalue weighted by Crippen LogP contribution is -2.40. The molecule has 1 saturated carbocycles. The molecule has 0 radical (unpaired) electrons. The van der Waals surface area contributed by atoms with Crippen molar-refractivity contribution in [3.05, 3.63) is 59.7 Å². The number of ether oxygens (including phenoxy) is 1. The van der Waals surface area contributed by atoms with Gasteiger partial charge in [0.15, 0.2) is 5.78 Å². The normalized spacial score (nSPS) is 13.3. The van der Waals surface area contributed by atoms with Gasteiger partial charge < -0.3 is 15.0 Å². The van der Waals surface area contributed by atoms with Gasteiger partial charge in [0.2, 0.25) is 5.91 Å². The molecular weight excluding hydrogens is 328 g/mol. The Kier molecular flexibility index (Phi) is 5.68. The minimum absolute atomic E-state index is 0.0124. The number of carbonyl (C=O) groups is 2. The second-order valence-corrected chi connectivity index (χ2v) is 6.35. The van der Waals surface area contributed by atoms with Gasteiger partial charge in [0.1, 0.15) is 5.75 Å². The van der Waals surface area contributed by atoms with Crippen LogP contribution in [0.2, 0.25) is 0 Å². The van der Waals surface area contributed by atoms with Gasteiger partial charge in [-0.3, -0.25) is 9.59 Å². The Hall–Kier alpha value is -2.66. The Morgan fingerprint density at radius 1 is 1.15 bits per heavy atom. The lowest BCUT2D eigenvalue weighted by Gasteiger charge is -2.25. The van der Waals surface area contributed by atoms with Gasteiger partial charge in [-0.25, -0.2) is 0 Å². The number of rotatable bonds is 8. The summed E-state index contributed by atoms with van der Waals surface area (Å²) in [5, 5.41) is 3.08. The maximum atomic E-state index is 13.1. The summed E-state index contributed by atoms with van der Waals surface area (Å²) in [5.41, 5.74) is 1.74. The molecule has 1 fully saturated rings. The smallest absolute Gasteiger partial charge is 0.241 e. The van der Waals surface area contributed by atoms with E-state index in [1.165, 1.54) is 0 Å². The summed E-state index contributed by atoms with van der Waals surface area (Å²) < 4.78 is 5.31. The van der Waals surface area contributed by atoms with Crippen molar-refractivity contribution >= 4 is 17.4 Å². The third-order valence-electron chi connectivity index (χ3n) is 4.45. The Morgan fingerprint density at radius 3 is 2.50 bits per heavy atom. The average molecular weight is 352 g/mol. The number of ketones is 1. The third-order valence-corrected chi connectivity index (χ3v) is 4.45. The van der Waals surface area contributed by atoms with E-state index >= 15 is 0 Å². The molecule has 0 bridgehead atoms. The van der Waals surface area contributed by atoms with Gasteiger partial charge >= 0.3 is 0 Å². The van der Waals surface area contributed by atoms with Gasteiger partial charge in [-0.15, -0.1) is 0 Å². The first kappa shape index (κ1) is 18.1. The summed E-state index contributed by atoms with van der Waals surface area (Å²) in [6.07, 6.45) is 1.92. The minimum atomic E-state index is -0.110. The lowest BCUT2D eigenvalue weighted by molar-refractivity contribution is -0.117. The molecule has 1 amide bonds. The Labute approximate surface area is 154 Å². The summed E-state index contributed by atoms with van der Waals surface area (Å²) in [5.74, 6) is 0.478. The molecule has 0 saturated heterocycles. The Morgan fingerprint density at radius 2 is 1.88 bits per heavy atom. The van der Waals surface area contributed by atoms with E-state index in [1.54, 1.807) is 36.3 Å². The van der Waals surface area contributed by atoms with Crippen molar-refractivity contribution < 1.29 is 14.3 Å². The fourth-order valence-corrected chi connectivity index (χ4v) is 2.96. The number of nitrogens with one attached hydrogen (secondary N) is 1. The zero-order chi connectivity index (χ0) is 18.5. The van der Waals surface area contributed by atoms with Crippen LogP contribution >= 0.6 is 0 Å². The van der Waals surface area contributed by atoms with Crippen LogP contribution < -0.4 is 15.0 Å². The van der Waals surface area contributed by atoms with Crippen molar-refractivity contribution in [3.8, 4) is 5.75 Å². The second-order valence-electron chi connectivity index (χ2n) is 6.35. The fraction of sp³-hybridized carbons (Fsp3) is 0.333. The van der Waals surface area contributed by atoms with E-state index in [-0.39, 0.29) is 24.3 Å². The number of hydrogen-bond acceptors (Lipinski definition) is 4. The number of methoxy groups -OCH3 is 1. The van der Waals surface area contributed by atoms with E-state index in [0.29, 0.717) is 22.6 Å². The largest absolute Gasteiger partial charge is 0.497 e. The van der Waals surface area contributed by atoms with Crippen LogP contribution in [0.4, 0.5) is 5.69 Å². The monoisotopic (exact) mass is 352 g/mol. The quantitative estimate of drug-likeness (QED) is 0.742. The highest BCUT2D eigenvalue weighted by Crippen LogP contribution is 2.36. The van der Waals surface area contributed by atoms with Crippen LogP contribution in [0.3, 0.4) is 0 Å². The van der Waals surface area contributed by atoms with Crippen LogP contribution in [0.1, 0.15) is 35.7 Å². The van der Waals surface area contributed by atoms with E-state index in [2.05, 4.69) is 5.32 Å². The van der Waals surface area contributed by atoms with Crippen LogP contribution in [0.25, 0.3) is 0 Å². The molecule has 0 atom stereocenters. The molecule has 0 aromatic heterocycles. The molecule has 5 nitrogen and oxygen atoms in total. The topological polar surface area (TPSA) is 58.6 Å². The van der Waals surface area contributed by atoms with E-state index in [4.69, 9.17) is 4.74 Å². The van der Waals surface area contributed by atoms with Crippen molar-refractivity contribution in [1.82, 2.24) is 5.32 Å². The SMILES string of the molecule is CCNCC(=O)N(c1ccc(OC)cc1C(=O)c1ccccc1)C1CC1. The molecule has 1 aliphatic rings. The number of benzene rings is 2. The fourth-order valence-electron chi connectivity index (χ4n) is 2.96. The van der Waals surface area contributed by atoms with Gasteiger partial charge in [-0.2, -0.15) is 0 Å². The van der Waals surface area contributed by atoms with Crippen LogP contribution in [-0.4, -0.2) is 37.9 Å². The standard InChI is InChI=1S/C21H24N2O3/c1-3-22-14-20(24)23(16-9-10-16)19-12-11-17(26-2)13-18(19)21(25)15-7-5-4-6-8-15/h4-8,11-13,16,22H,3,9-10,14H2,1-2H3. The maximum absolute atomic E-state index is 13.1. The molecule has 0 unspecified atom stereocenters. The van der Waals surface area contributed by atoms with Crippen molar-refractivity contribution in [2.24, 2.45) is 0 Å². The van der Waals surface area contributed by atoms with E-state index in [1.807, 2.05) is 31.2 Å². The molecule has 26 heavy (non-hydrogen) atoms. The maximum Gasteiger partial charge on any atom is 0.241 e. The summed E-state index contributed by atoms with van der Waals surface area (Å²) >= 11 is 0. The first-order chi connectivity index (χ1) is 12.7. The van der Waals surface area contributed by atoms with E-state index in [9.17, 15) is 9.59 Å². The molecule has 0 heterocycles. The van der Waals surface area contributed by atoms with E-state index < -0.39 is 0 Å². The molecule has 2 aromatic carbocycles. The zero-order valence-corrected chi connectivity index (χ0v) is 15.2. The first-order valence-corrected chi connectivity index (χ1v) is 8.96. The Balaban J connectivity index is 2.02. The molecule has 2 aromatic rings. The highest BCUT2D eigenvalue weighted by Gasteiger charge is 2.35. The number of anilines is 1. The van der Waals surface area contributed by atoms with Crippen LogP contribution in [0, 0.1) is 0 Å². The van der Waals surface area contributed by atoms with Gasteiger partial charge in [0.05, 0.1) is 19.3 Å². The molecule has 0 aliphatic heterocycles. The van der Waals surface area contributed by atoms with Crippen molar-refractivity contribution in [3.63, 3.8) is 0 Å². The van der Waals surface area contributed by atoms with Gasteiger partial charge in [-0.1, -0.05) is 37.3 Å². The van der Waals surface area contributed by atoms with Gasteiger partial charge in [-0.05, 0) is 37.6 Å². The van der Waals surface area contributed by atoms with Crippen LogP contribution in [-0.2, 0) is 4.79 Å². The number of carbonyl (C=O) groups excluding carboxylic acids is 2. The molecule has 3 rings (SSSR count). The molecule has 136 valence electrons. The summed E-state index contributed by atoms with van der Waals surface area (Å²) in [6.45, 7) is 2.95. The van der Waals surface area contributed by atoms with Crippen molar-refractivity contribution in [2.45, 2.75) is 25.8 Å². The highest BCUT2D eigenvalue weighted by atomic mass is 16.5. The molecular formula is C21H24N2O3. The highest BCUT2D eigenvalue weighted by molar-refractivity contribution is 6.14. The predicted octanol–water partition coefficient (Wildman–Crippen LogP) is 3.03. The van der Waals surface area contributed by atoms with Crippen molar-refractivity contribution in [2.75, 3.05) is 25.1 Å². The third kappa shape index (κ3) is 3.94. The number of likely N-dealkylation sites (N-methyl/N-ethyl adjacent to an activating group) is 1. The Bertz CT molecular complexity index is 785. The average Bonchev–Trinajstić information content (AvgIpc) is 3.52. The zero-order valence-electron chi connectivity index (χ0n) is 15.2. The summed E-state index contributed by atoms with van der Waals surface area (Å²) in [6, 6.07) is 14.6. The second kappa shape index (κ2) is 8.15. The molecule has 1 aliphatic carbocycles. The molecule has 0 spiro atoms. The predicted molar refractivity (Wildman–Crippen MR) is 102 cm³/mol. The van der Waals surface area contributed by atoms with Crippen LogP contribution in [0.5, 0.6) is 5.75 Å². The number of hydrogen-bond donors (Lipinski definition) is 1. The van der Waals surface area contributed by atoms with Crippen molar-refractivity contribution in [1.29, 1.82) is 0 Å². The molecule has 1 N–H and O–H groups in total. The number of nitrogens with zero attached hydrogens (tertiary/aromatic N) is 1. The first-order valence-electron chi connectivity index (χ1n) is 8.96. The van der Waals surface area contributed by atoms with E-state index in [0.717, 1.165) is 19.4 Å². The van der Waals surface area contributed by atoms with Gasteiger partial charge in [0, 0.05) is 17.2 Å². The summed E-state index contributed by atoms with van der Waals surface area (Å²) in [4.78, 5) is 27.7. The molecule has 5 heteroatoms. The number of amides is 1. The minimum Gasteiger partial charge on any atom is -0.497 e. The van der Waals surface area contributed by atoms with Gasteiger partial charge in [0.25, 0.3) is 0 Å².